The van der Waals surface area contributed by atoms with Gasteiger partial charge in [-0.3, -0.25) is 0 Å². The smallest absolute Gasteiger partial charge is 0.410 e. The minimum absolute atomic E-state index is 0.260. The third-order valence-electron chi connectivity index (χ3n) is 4.44. The lowest BCUT2D eigenvalue weighted by Gasteiger charge is -2.37. The molecule has 6 heteroatoms. The van der Waals surface area contributed by atoms with Crippen molar-refractivity contribution in [2.45, 2.75) is 53.1 Å². The average Bonchev–Trinajstić information content (AvgIpc) is 2.60. The van der Waals surface area contributed by atoms with Crippen LogP contribution in [0.1, 0.15) is 56.5 Å². The summed E-state index contributed by atoms with van der Waals surface area (Å²) in [5, 5.41) is 0. The zero-order chi connectivity index (χ0) is 20.0. The molecule has 1 aliphatic heterocycles. The van der Waals surface area contributed by atoms with E-state index in [9.17, 15) is 9.59 Å². The molecule has 1 aromatic rings. The first-order valence-electron chi connectivity index (χ1n) is 9.72. The second kappa shape index (κ2) is 9.11. The molecule has 1 saturated heterocycles. The normalized spacial score (nSPS) is 14.9. The number of aryl methyl sites for hydroxylation is 1. The molecule has 0 unspecified atom stereocenters. The molecular formula is C21H32N2O4. The van der Waals surface area contributed by atoms with Crippen LogP contribution in [0.2, 0.25) is 0 Å². The van der Waals surface area contributed by atoms with Gasteiger partial charge in [-0.1, -0.05) is 13.3 Å². The summed E-state index contributed by atoms with van der Waals surface area (Å²) in [5.74, 6) is -0.271. The highest BCUT2D eigenvalue weighted by Gasteiger charge is 2.26. The van der Waals surface area contributed by atoms with Crippen LogP contribution in [0.4, 0.5) is 10.5 Å². The maximum absolute atomic E-state index is 12.2. The van der Waals surface area contributed by atoms with Crippen LogP contribution in [0.15, 0.2) is 18.2 Å². The van der Waals surface area contributed by atoms with Crippen LogP contribution in [0.3, 0.4) is 0 Å². The Bertz CT molecular complexity index is 659. The van der Waals surface area contributed by atoms with E-state index < -0.39 is 5.60 Å². The molecular weight excluding hydrogens is 344 g/mol. The molecule has 2 rings (SSSR count). The Morgan fingerprint density at radius 1 is 1.11 bits per heavy atom. The molecule has 1 fully saturated rings. The molecule has 27 heavy (non-hydrogen) atoms. The SMILES string of the molecule is CCCCOC(=O)c1ccc(N2CCN(C(=O)OC(C)(C)C)CC2)c(C)c1. The largest absolute Gasteiger partial charge is 0.462 e. The fraction of sp³-hybridized carbons (Fsp3) is 0.619. The summed E-state index contributed by atoms with van der Waals surface area (Å²) < 4.78 is 10.7. The monoisotopic (exact) mass is 376 g/mol. The van der Waals surface area contributed by atoms with Crippen molar-refractivity contribution in [1.82, 2.24) is 4.90 Å². The molecule has 0 spiro atoms. The van der Waals surface area contributed by atoms with Crippen molar-refractivity contribution >= 4 is 17.7 Å². The minimum atomic E-state index is -0.480. The minimum Gasteiger partial charge on any atom is -0.462 e. The number of carbonyl (C=O) groups excluding carboxylic acids is 2. The number of ether oxygens (including phenoxy) is 2. The van der Waals surface area contributed by atoms with E-state index in [1.54, 1.807) is 4.90 Å². The van der Waals surface area contributed by atoms with Crippen molar-refractivity contribution in [3.63, 3.8) is 0 Å². The Morgan fingerprint density at radius 3 is 2.33 bits per heavy atom. The van der Waals surface area contributed by atoms with Crippen LogP contribution in [0.5, 0.6) is 0 Å². The predicted octanol–water partition coefficient (Wildman–Crippen LogP) is 4.01. The molecule has 0 aliphatic carbocycles. The molecule has 0 atom stereocenters. The van der Waals surface area contributed by atoms with Crippen LogP contribution in [0, 0.1) is 6.92 Å². The number of piperazine rings is 1. The van der Waals surface area contributed by atoms with Crippen molar-refractivity contribution in [2.24, 2.45) is 0 Å². The van der Waals surface area contributed by atoms with Crippen LogP contribution < -0.4 is 4.90 Å². The van der Waals surface area contributed by atoms with Gasteiger partial charge in [0.1, 0.15) is 5.60 Å². The lowest BCUT2D eigenvalue weighted by atomic mass is 10.1. The summed E-state index contributed by atoms with van der Waals surface area (Å²) >= 11 is 0. The first-order chi connectivity index (χ1) is 12.7. The fourth-order valence-corrected chi connectivity index (χ4v) is 2.99. The summed E-state index contributed by atoms with van der Waals surface area (Å²) in [6.07, 6.45) is 1.62. The number of rotatable bonds is 5. The van der Waals surface area contributed by atoms with Gasteiger partial charge in [0, 0.05) is 31.9 Å². The highest BCUT2D eigenvalue weighted by molar-refractivity contribution is 5.90. The summed E-state index contributed by atoms with van der Waals surface area (Å²) in [6, 6.07) is 5.66. The zero-order valence-electron chi connectivity index (χ0n) is 17.2. The second-order valence-corrected chi connectivity index (χ2v) is 7.95. The van der Waals surface area contributed by atoms with E-state index in [0.717, 1.165) is 37.2 Å². The summed E-state index contributed by atoms with van der Waals surface area (Å²) in [5.41, 5.74) is 2.22. The standard InChI is InChI=1S/C21H32N2O4/c1-6-7-14-26-19(24)17-8-9-18(16(2)15-17)22-10-12-23(13-11-22)20(25)27-21(3,4)5/h8-9,15H,6-7,10-14H2,1-5H3. The molecule has 1 aliphatic rings. The third-order valence-corrected chi connectivity index (χ3v) is 4.44. The second-order valence-electron chi connectivity index (χ2n) is 7.95. The van der Waals surface area contributed by atoms with Gasteiger partial charge in [0.2, 0.25) is 0 Å². The van der Waals surface area contributed by atoms with Gasteiger partial charge in [0.05, 0.1) is 12.2 Å². The van der Waals surface area contributed by atoms with E-state index in [-0.39, 0.29) is 12.1 Å². The molecule has 150 valence electrons. The number of hydrogen-bond acceptors (Lipinski definition) is 5. The third kappa shape index (κ3) is 6.15. The summed E-state index contributed by atoms with van der Waals surface area (Å²) in [6.45, 7) is 12.9. The quantitative estimate of drug-likeness (QED) is 0.574. The molecule has 0 radical (unpaired) electrons. The van der Waals surface area contributed by atoms with Gasteiger partial charge in [-0.15, -0.1) is 0 Å². The lowest BCUT2D eigenvalue weighted by molar-refractivity contribution is 0.0240. The van der Waals surface area contributed by atoms with Crippen molar-refractivity contribution in [1.29, 1.82) is 0 Å². The molecule has 0 N–H and O–H groups in total. The van der Waals surface area contributed by atoms with Crippen LogP contribution in [0.25, 0.3) is 0 Å². The van der Waals surface area contributed by atoms with Crippen molar-refractivity contribution < 1.29 is 19.1 Å². The van der Waals surface area contributed by atoms with Crippen LogP contribution in [-0.4, -0.2) is 55.3 Å². The Balaban J connectivity index is 1.94. The molecule has 1 heterocycles. The van der Waals surface area contributed by atoms with Crippen molar-refractivity contribution in [2.75, 3.05) is 37.7 Å². The lowest BCUT2D eigenvalue weighted by Crippen LogP contribution is -2.50. The summed E-state index contributed by atoms with van der Waals surface area (Å²) in [4.78, 5) is 28.3. The van der Waals surface area contributed by atoms with Crippen LogP contribution in [-0.2, 0) is 9.47 Å². The molecule has 6 nitrogen and oxygen atoms in total. The van der Waals surface area contributed by atoms with E-state index in [4.69, 9.17) is 9.47 Å². The first-order valence-corrected chi connectivity index (χ1v) is 9.72. The number of unbranched alkanes of at least 4 members (excludes halogenated alkanes) is 1. The van der Waals surface area contributed by atoms with Gasteiger partial charge in [-0.25, -0.2) is 9.59 Å². The highest BCUT2D eigenvalue weighted by Crippen LogP contribution is 2.23. The van der Waals surface area contributed by atoms with Gasteiger partial charge < -0.3 is 19.3 Å². The zero-order valence-corrected chi connectivity index (χ0v) is 17.2. The number of nitrogens with zero attached hydrogens (tertiary/aromatic N) is 2. The molecule has 0 aromatic heterocycles. The number of anilines is 1. The molecule has 1 amide bonds. The Labute approximate surface area is 162 Å². The Morgan fingerprint density at radius 2 is 1.78 bits per heavy atom. The number of carbonyl (C=O) groups is 2. The van der Waals surface area contributed by atoms with E-state index in [1.165, 1.54) is 0 Å². The molecule has 1 aromatic carbocycles. The van der Waals surface area contributed by atoms with Crippen molar-refractivity contribution in [3.8, 4) is 0 Å². The predicted molar refractivity (Wildman–Crippen MR) is 106 cm³/mol. The van der Waals surface area contributed by atoms with E-state index >= 15 is 0 Å². The van der Waals surface area contributed by atoms with Gasteiger partial charge in [-0.05, 0) is 57.9 Å². The number of hydrogen-bond donors (Lipinski definition) is 0. The van der Waals surface area contributed by atoms with E-state index in [1.807, 2.05) is 45.9 Å². The van der Waals surface area contributed by atoms with E-state index in [2.05, 4.69) is 11.8 Å². The Hall–Kier alpha value is -2.24. The maximum Gasteiger partial charge on any atom is 0.410 e. The van der Waals surface area contributed by atoms with Gasteiger partial charge in [0.25, 0.3) is 0 Å². The van der Waals surface area contributed by atoms with Crippen LogP contribution >= 0.6 is 0 Å². The first kappa shape index (κ1) is 21.1. The number of amides is 1. The fourth-order valence-electron chi connectivity index (χ4n) is 2.99. The number of esters is 1. The van der Waals surface area contributed by atoms with Gasteiger partial charge in [-0.2, -0.15) is 0 Å². The van der Waals surface area contributed by atoms with E-state index in [0.29, 0.717) is 25.3 Å². The van der Waals surface area contributed by atoms with Crippen molar-refractivity contribution in [3.05, 3.63) is 29.3 Å². The molecule has 0 bridgehead atoms. The maximum atomic E-state index is 12.2. The van der Waals surface area contributed by atoms with Gasteiger partial charge >= 0.3 is 12.1 Å². The number of benzene rings is 1. The topological polar surface area (TPSA) is 59.1 Å². The average molecular weight is 376 g/mol. The Kier molecular flexibility index (Phi) is 7.11. The van der Waals surface area contributed by atoms with Gasteiger partial charge in [0.15, 0.2) is 0 Å². The summed E-state index contributed by atoms with van der Waals surface area (Å²) in [7, 11) is 0. The highest BCUT2D eigenvalue weighted by atomic mass is 16.6. The molecule has 0 saturated carbocycles.